The molecule has 4 saturated carbocycles. The summed E-state index contributed by atoms with van der Waals surface area (Å²) in [6.45, 7) is 2.05. The standard InChI is InChI=1S/C24H26O2/c1-15-5-23(26)22(10-21(15)20-4-2-3-16(9-20)14-25)24-11-17-6-18(12-24)8-19(7-17)13-24/h2-5,9-10,14,17-19,26H,6-8,11-13H2,1H3. The maximum Gasteiger partial charge on any atom is 0.150 e. The molecule has 0 atom stereocenters. The normalized spacial score (nSPS) is 32.0. The predicted octanol–water partition coefficient (Wildman–Crippen LogP) is 5.65. The predicted molar refractivity (Wildman–Crippen MR) is 104 cm³/mol. The molecule has 0 radical (unpaired) electrons. The Labute approximate surface area is 155 Å². The molecule has 0 aromatic heterocycles. The van der Waals surface area contributed by atoms with Gasteiger partial charge in [0.1, 0.15) is 12.0 Å². The Balaban J connectivity index is 1.63. The summed E-state index contributed by atoms with van der Waals surface area (Å²) >= 11 is 0. The Hall–Kier alpha value is -2.09. The lowest BCUT2D eigenvalue weighted by molar-refractivity contribution is -0.00611. The summed E-state index contributed by atoms with van der Waals surface area (Å²) < 4.78 is 0. The summed E-state index contributed by atoms with van der Waals surface area (Å²) in [6, 6.07) is 12.0. The molecule has 2 aromatic carbocycles. The van der Waals surface area contributed by atoms with Crippen molar-refractivity contribution in [2.24, 2.45) is 17.8 Å². The van der Waals surface area contributed by atoms with E-state index in [4.69, 9.17) is 0 Å². The van der Waals surface area contributed by atoms with Crippen LogP contribution >= 0.6 is 0 Å². The number of aldehydes is 1. The Bertz CT molecular complexity index is 844. The summed E-state index contributed by atoms with van der Waals surface area (Å²) in [5, 5.41) is 10.9. The molecule has 4 aliphatic rings. The summed E-state index contributed by atoms with van der Waals surface area (Å²) in [5.74, 6) is 3.02. The second-order valence-electron chi connectivity index (χ2n) is 9.13. The van der Waals surface area contributed by atoms with Crippen LogP contribution in [0, 0.1) is 24.7 Å². The number of phenols is 1. The van der Waals surface area contributed by atoms with Gasteiger partial charge in [0, 0.05) is 11.1 Å². The third-order valence-electron chi connectivity index (χ3n) is 7.29. The molecule has 6 rings (SSSR count). The molecule has 2 aromatic rings. The number of rotatable bonds is 3. The first-order valence-electron chi connectivity index (χ1n) is 9.96. The Morgan fingerprint density at radius 2 is 1.65 bits per heavy atom. The number of aryl methyl sites for hydroxylation is 1. The number of phenolic OH excluding ortho intramolecular Hbond substituents is 1. The van der Waals surface area contributed by atoms with Gasteiger partial charge in [0.25, 0.3) is 0 Å². The number of hydrogen-bond acceptors (Lipinski definition) is 2. The van der Waals surface area contributed by atoms with E-state index < -0.39 is 0 Å². The van der Waals surface area contributed by atoms with Gasteiger partial charge in [-0.05, 0) is 104 Å². The van der Waals surface area contributed by atoms with Crippen molar-refractivity contribution in [2.45, 2.75) is 50.9 Å². The summed E-state index contributed by atoms with van der Waals surface area (Å²) in [5.41, 5.74) is 5.32. The van der Waals surface area contributed by atoms with E-state index in [0.717, 1.165) is 46.3 Å². The molecule has 0 unspecified atom stereocenters. The molecular weight excluding hydrogens is 320 g/mol. The van der Waals surface area contributed by atoms with Crippen LogP contribution in [-0.2, 0) is 5.41 Å². The molecule has 0 spiro atoms. The number of carbonyl (C=O) groups is 1. The van der Waals surface area contributed by atoms with Crippen LogP contribution in [0.4, 0.5) is 0 Å². The zero-order chi connectivity index (χ0) is 17.9. The number of carbonyl (C=O) groups excluding carboxylic acids is 1. The van der Waals surface area contributed by atoms with Gasteiger partial charge in [-0.15, -0.1) is 0 Å². The third-order valence-corrected chi connectivity index (χ3v) is 7.29. The van der Waals surface area contributed by atoms with Crippen LogP contribution in [0.25, 0.3) is 11.1 Å². The van der Waals surface area contributed by atoms with Crippen molar-refractivity contribution in [3.63, 3.8) is 0 Å². The van der Waals surface area contributed by atoms with Crippen LogP contribution in [0.15, 0.2) is 36.4 Å². The topological polar surface area (TPSA) is 37.3 Å². The van der Waals surface area contributed by atoms with Gasteiger partial charge < -0.3 is 5.11 Å². The maximum absolute atomic E-state index is 11.2. The van der Waals surface area contributed by atoms with Crippen molar-refractivity contribution < 1.29 is 9.90 Å². The molecule has 134 valence electrons. The molecule has 4 aliphatic carbocycles. The van der Waals surface area contributed by atoms with Gasteiger partial charge >= 0.3 is 0 Å². The molecular formula is C24H26O2. The minimum atomic E-state index is 0.170. The smallest absolute Gasteiger partial charge is 0.150 e. The lowest BCUT2D eigenvalue weighted by Gasteiger charge is -2.57. The largest absolute Gasteiger partial charge is 0.508 e. The van der Waals surface area contributed by atoms with Crippen LogP contribution < -0.4 is 0 Å². The molecule has 0 amide bonds. The first-order chi connectivity index (χ1) is 12.6. The first kappa shape index (κ1) is 16.1. The maximum atomic E-state index is 11.2. The van der Waals surface area contributed by atoms with E-state index in [9.17, 15) is 9.90 Å². The fraction of sp³-hybridized carbons (Fsp3) is 0.458. The second-order valence-corrected chi connectivity index (χ2v) is 9.13. The molecule has 4 fully saturated rings. The highest BCUT2D eigenvalue weighted by Crippen LogP contribution is 2.62. The lowest BCUT2D eigenvalue weighted by atomic mass is 9.48. The number of aromatic hydroxyl groups is 1. The molecule has 2 nitrogen and oxygen atoms in total. The molecule has 1 N–H and O–H groups in total. The van der Waals surface area contributed by atoms with E-state index >= 15 is 0 Å². The van der Waals surface area contributed by atoms with Crippen LogP contribution in [0.3, 0.4) is 0 Å². The Kier molecular flexibility index (Phi) is 3.53. The van der Waals surface area contributed by atoms with Gasteiger partial charge in [0.05, 0.1) is 0 Å². The van der Waals surface area contributed by atoms with Gasteiger partial charge in [0.2, 0.25) is 0 Å². The summed E-state index contributed by atoms with van der Waals surface area (Å²) in [6.07, 6.45) is 8.83. The molecule has 4 bridgehead atoms. The van der Waals surface area contributed by atoms with Crippen molar-refractivity contribution >= 4 is 6.29 Å². The fourth-order valence-electron chi connectivity index (χ4n) is 6.65. The van der Waals surface area contributed by atoms with Crippen molar-refractivity contribution in [1.29, 1.82) is 0 Å². The van der Waals surface area contributed by atoms with Gasteiger partial charge in [-0.2, -0.15) is 0 Å². The van der Waals surface area contributed by atoms with E-state index in [0.29, 0.717) is 11.3 Å². The molecule has 2 heteroatoms. The van der Waals surface area contributed by atoms with E-state index in [2.05, 4.69) is 12.1 Å². The highest BCUT2D eigenvalue weighted by atomic mass is 16.3. The first-order valence-corrected chi connectivity index (χ1v) is 9.96. The molecule has 0 saturated heterocycles. The zero-order valence-corrected chi connectivity index (χ0v) is 15.4. The molecule has 26 heavy (non-hydrogen) atoms. The van der Waals surface area contributed by atoms with Crippen LogP contribution in [0.2, 0.25) is 0 Å². The zero-order valence-electron chi connectivity index (χ0n) is 15.4. The van der Waals surface area contributed by atoms with Crippen molar-refractivity contribution in [1.82, 2.24) is 0 Å². The van der Waals surface area contributed by atoms with Crippen LogP contribution in [0.1, 0.15) is 60.0 Å². The highest BCUT2D eigenvalue weighted by Gasteiger charge is 2.52. The fourth-order valence-corrected chi connectivity index (χ4v) is 6.65. The SMILES string of the molecule is Cc1cc(O)c(C23CC4CC(CC(C4)C2)C3)cc1-c1cccc(C=O)c1. The average Bonchev–Trinajstić information content (AvgIpc) is 2.60. The monoisotopic (exact) mass is 346 g/mol. The quantitative estimate of drug-likeness (QED) is 0.729. The molecule has 0 heterocycles. The minimum absolute atomic E-state index is 0.170. The Morgan fingerprint density at radius 3 is 2.27 bits per heavy atom. The lowest BCUT2D eigenvalue weighted by Crippen LogP contribution is -2.48. The van der Waals surface area contributed by atoms with Crippen LogP contribution in [0.5, 0.6) is 5.75 Å². The van der Waals surface area contributed by atoms with Crippen molar-refractivity contribution in [2.75, 3.05) is 0 Å². The van der Waals surface area contributed by atoms with Gasteiger partial charge in [-0.1, -0.05) is 18.2 Å². The highest BCUT2D eigenvalue weighted by molar-refractivity contribution is 5.80. The number of benzene rings is 2. The second kappa shape index (κ2) is 5.70. The summed E-state index contributed by atoms with van der Waals surface area (Å²) in [4.78, 5) is 11.2. The van der Waals surface area contributed by atoms with Crippen LogP contribution in [-0.4, -0.2) is 11.4 Å². The summed E-state index contributed by atoms with van der Waals surface area (Å²) in [7, 11) is 0. The van der Waals surface area contributed by atoms with E-state index in [1.807, 2.05) is 31.2 Å². The van der Waals surface area contributed by atoms with Crippen molar-refractivity contribution in [3.8, 4) is 16.9 Å². The number of hydrogen-bond donors (Lipinski definition) is 1. The molecule has 0 aliphatic heterocycles. The third kappa shape index (κ3) is 2.42. The van der Waals surface area contributed by atoms with E-state index in [-0.39, 0.29) is 5.41 Å². The van der Waals surface area contributed by atoms with Gasteiger partial charge in [-0.3, -0.25) is 4.79 Å². The van der Waals surface area contributed by atoms with E-state index in [1.165, 1.54) is 38.5 Å². The van der Waals surface area contributed by atoms with E-state index in [1.54, 1.807) is 0 Å². The average molecular weight is 346 g/mol. The minimum Gasteiger partial charge on any atom is -0.508 e. The van der Waals surface area contributed by atoms with Gasteiger partial charge in [0.15, 0.2) is 0 Å². The van der Waals surface area contributed by atoms with Gasteiger partial charge in [-0.25, -0.2) is 0 Å². The Morgan fingerprint density at radius 1 is 1.00 bits per heavy atom. The van der Waals surface area contributed by atoms with Crippen molar-refractivity contribution in [3.05, 3.63) is 53.1 Å².